The Labute approximate surface area is 45.0 Å². The van der Waals surface area contributed by atoms with Crippen LogP contribution in [0.1, 0.15) is 32.1 Å². The molecule has 0 saturated heterocycles. The van der Waals surface area contributed by atoms with Gasteiger partial charge in [-0.1, -0.05) is 32.1 Å². The van der Waals surface area contributed by atoms with Crippen LogP contribution in [0.3, 0.4) is 0 Å². The summed E-state index contributed by atoms with van der Waals surface area (Å²) in [5.41, 5.74) is 0. The summed E-state index contributed by atoms with van der Waals surface area (Å²) >= 11 is 0. The first-order chi connectivity index (χ1) is 3.00. The van der Waals surface area contributed by atoms with Crippen LogP contribution in [0.15, 0.2) is 0 Å². The molecule has 0 aromatic rings. The predicted molar refractivity (Wildman–Crippen MR) is 29.3 cm³/mol. The van der Waals surface area contributed by atoms with Crippen LogP contribution in [-0.2, 0) is 0 Å². The highest BCUT2D eigenvalue weighted by atomic mass is 16.0. The van der Waals surface area contributed by atoms with Crippen molar-refractivity contribution < 1.29 is 5.48 Å². The van der Waals surface area contributed by atoms with Crippen molar-refractivity contribution in [2.45, 2.75) is 32.1 Å². The fraction of sp³-hybridized carbons (Fsp3) is 0.833. The Bertz CT molecular complexity index is 19.7. The smallest absolute Gasteiger partial charge is 0.0386 e. The van der Waals surface area contributed by atoms with E-state index < -0.39 is 0 Å². The highest BCUT2D eigenvalue weighted by molar-refractivity contribution is 4.69. The molecule has 0 heterocycles. The zero-order valence-electron chi connectivity index (χ0n) is 4.56. The monoisotopic (exact) mass is 100 g/mol. The molecule has 0 unspecified atom stereocenters. The van der Waals surface area contributed by atoms with Crippen molar-refractivity contribution in [1.29, 1.82) is 0 Å². The van der Waals surface area contributed by atoms with Gasteiger partial charge in [0.15, 0.2) is 0 Å². The summed E-state index contributed by atoms with van der Waals surface area (Å²) in [4.78, 5) is 0. The summed E-state index contributed by atoms with van der Waals surface area (Å²) in [5, 5.41) is 0. The standard InChI is InChI=1S/C6H11.HO/c1-2-4-6-5-3-1;/h1H,2-6H2;1H. The molecule has 1 rings (SSSR count). The fourth-order valence-electron chi connectivity index (χ4n) is 0.898. The van der Waals surface area contributed by atoms with Gasteiger partial charge in [0.25, 0.3) is 0 Å². The van der Waals surface area contributed by atoms with Crippen LogP contribution >= 0.6 is 0 Å². The first-order valence-electron chi connectivity index (χ1n) is 2.82. The van der Waals surface area contributed by atoms with Gasteiger partial charge in [-0.3, -0.25) is 5.48 Å². The molecule has 0 spiro atoms. The summed E-state index contributed by atoms with van der Waals surface area (Å²) in [6, 6.07) is 0. The van der Waals surface area contributed by atoms with E-state index >= 15 is 0 Å². The number of hydrogen-bond donors (Lipinski definition) is 1. The molecule has 1 nitrogen and oxygen atoms in total. The molecule has 2 radical (unpaired) electrons. The molecule has 42 valence electrons. The topological polar surface area (TPSA) is 30.0 Å². The zero-order valence-corrected chi connectivity index (χ0v) is 4.56. The Morgan fingerprint density at radius 2 is 1.43 bits per heavy atom. The quantitative estimate of drug-likeness (QED) is 0.482. The van der Waals surface area contributed by atoms with E-state index in [0.29, 0.717) is 0 Å². The van der Waals surface area contributed by atoms with E-state index in [1.54, 1.807) is 0 Å². The van der Waals surface area contributed by atoms with E-state index in [1.165, 1.54) is 32.1 Å². The van der Waals surface area contributed by atoms with Crippen LogP contribution in [0.2, 0.25) is 0 Å². The van der Waals surface area contributed by atoms with Gasteiger partial charge in [-0.25, -0.2) is 0 Å². The normalized spacial score (nSPS) is 20.6. The van der Waals surface area contributed by atoms with Gasteiger partial charge in [0.05, 0.1) is 0 Å². The third kappa shape index (κ3) is 2.63. The lowest BCUT2D eigenvalue weighted by Crippen LogP contribution is -1.87. The van der Waals surface area contributed by atoms with E-state index in [0.717, 1.165) is 0 Å². The molecular weight excluding hydrogens is 88.1 g/mol. The van der Waals surface area contributed by atoms with Crippen LogP contribution in [0, 0.1) is 6.42 Å². The molecule has 1 aliphatic carbocycles. The second-order valence-electron chi connectivity index (χ2n) is 1.93. The van der Waals surface area contributed by atoms with Gasteiger partial charge in [-0.2, -0.15) is 0 Å². The molecule has 1 fully saturated rings. The third-order valence-electron chi connectivity index (χ3n) is 1.32. The van der Waals surface area contributed by atoms with Crippen molar-refractivity contribution >= 4 is 0 Å². The molecule has 0 aromatic heterocycles. The summed E-state index contributed by atoms with van der Waals surface area (Å²) in [6.07, 6.45) is 9.50. The Balaban J connectivity index is 0.000000360. The van der Waals surface area contributed by atoms with Crippen molar-refractivity contribution in [3.8, 4) is 0 Å². The van der Waals surface area contributed by atoms with Crippen molar-refractivity contribution in [3.63, 3.8) is 0 Å². The van der Waals surface area contributed by atoms with Crippen molar-refractivity contribution in [3.05, 3.63) is 6.42 Å². The lowest BCUT2D eigenvalue weighted by molar-refractivity contribution is 0.593. The number of hydrogen-bond acceptors (Lipinski definition) is 0. The zero-order chi connectivity index (χ0) is 4.24. The lowest BCUT2D eigenvalue weighted by Gasteiger charge is -2.05. The average molecular weight is 100 g/mol. The molecule has 1 heteroatoms. The van der Waals surface area contributed by atoms with Crippen LogP contribution in [0.5, 0.6) is 0 Å². The average Bonchev–Trinajstić information content (AvgIpc) is 1.72. The maximum absolute atomic E-state index is 2.39. The molecule has 0 amide bonds. The van der Waals surface area contributed by atoms with Gasteiger partial charge >= 0.3 is 0 Å². The summed E-state index contributed by atoms with van der Waals surface area (Å²) in [5.74, 6) is 0. The minimum absolute atomic E-state index is 0. The van der Waals surface area contributed by atoms with Crippen LogP contribution in [0.25, 0.3) is 0 Å². The van der Waals surface area contributed by atoms with E-state index in [4.69, 9.17) is 0 Å². The van der Waals surface area contributed by atoms with Crippen molar-refractivity contribution in [1.82, 2.24) is 0 Å². The van der Waals surface area contributed by atoms with Gasteiger partial charge in [0.2, 0.25) is 0 Å². The highest BCUT2D eigenvalue weighted by Gasteiger charge is 1.95. The fourth-order valence-corrected chi connectivity index (χ4v) is 0.898. The van der Waals surface area contributed by atoms with Gasteiger partial charge in [-0.15, -0.1) is 0 Å². The Kier molecular flexibility index (Phi) is 4.10. The van der Waals surface area contributed by atoms with Crippen molar-refractivity contribution in [2.24, 2.45) is 0 Å². The molecule has 0 bridgehead atoms. The van der Waals surface area contributed by atoms with E-state index in [-0.39, 0.29) is 5.48 Å². The van der Waals surface area contributed by atoms with E-state index in [1.807, 2.05) is 0 Å². The Morgan fingerprint density at radius 1 is 0.857 bits per heavy atom. The summed E-state index contributed by atoms with van der Waals surface area (Å²) < 4.78 is 0. The minimum Gasteiger partial charge on any atom is -0.255 e. The Hall–Kier alpha value is -0.0400. The molecule has 0 atom stereocenters. The second kappa shape index (κ2) is 4.13. The first-order valence-corrected chi connectivity index (χ1v) is 2.82. The number of rotatable bonds is 0. The van der Waals surface area contributed by atoms with Crippen LogP contribution in [0.4, 0.5) is 0 Å². The highest BCUT2D eigenvalue weighted by Crippen LogP contribution is 2.14. The third-order valence-corrected chi connectivity index (χ3v) is 1.32. The van der Waals surface area contributed by atoms with Gasteiger partial charge < -0.3 is 0 Å². The SMILES string of the molecule is [CH]1CCCCC1.[OH]. The van der Waals surface area contributed by atoms with Crippen molar-refractivity contribution in [2.75, 3.05) is 0 Å². The molecule has 1 saturated carbocycles. The summed E-state index contributed by atoms with van der Waals surface area (Å²) in [6.45, 7) is 0. The molecule has 0 aromatic carbocycles. The Morgan fingerprint density at radius 3 is 1.57 bits per heavy atom. The van der Waals surface area contributed by atoms with Crippen LogP contribution < -0.4 is 0 Å². The maximum atomic E-state index is 2.39. The molecule has 0 aliphatic heterocycles. The lowest BCUT2D eigenvalue weighted by atomic mass is 10.0. The largest absolute Gasteiger partial charge is 0.255 e. The van der Waals surface area contributed by atoms with Gasteiger partial charge in [0, 0.05) is 0 Å². The first kappa shape index (κ1) is 6.96. The molecule has 7 heavy (non-hydrogen) atoms. The van der Waals surface area contributed by atoms with E-state index in [9.17, 15) is 0 Å². The molecule has 1 aliphatic rings. The van der Waals surface area contributed by atoms with Crippen LogP contribution in [-0.4, -0.2) is 5.48 Å². The second-order valence-corrected chi connectivity index (χ2v) is 1.93. The van der Waals surface area contributed by atoms with Gasteiger partial charge in [-0.05, 0) is 6.42 Å². The summed E-state index contributed by atoms with van der Waals surface area (Å²) in [7, 11) is 0. The van der Waals surface area contributed by atoms with E-state index in [2.05, 4.69) is 6.42 Å². The molecular formula is C6H12O. The minimum atomic E-state index is 0. The maximum Gasteiger partial charge on any atom is -0.0386 e. The van der Waals surface area contributed by atoms with Gasteiger partial charge in [0.1, 0.15) is 0 Å². The predicted octanol–water partition coefficient (Wildman–Crippen LogP) is 1.98. The molecule has 1 N–H and O–H groups in total.